The maximum absolute atomic E-state index is 12.1. The second-order valence-electron chi connectivity index (χ2n) is 5.25. The van der Waals surface area contributed by atoms with Crippen LogP contribution in [0.15, 0.2) is 48.5 Å². The highest BCUT2D eigenvalue weighted by atomic mass is 16.5. The first-order chi connectivity index (χ1) is 10.6. The summed E-state index contributed by atoms with van der Waals surface area (Å²) in [6.07, 6.45) is 1.31. The average Bonchev–Trinajstić information content (AvgIpc) is 2.90. The summed E-state index contributed by atoms with van der Waals surface area (Å²) in [4.78, 5) is 23.1. The van der Waals surface area contributed by atoms with E-state index in [0.29, 0.717) is 11.3 Å². The van der Waals surface area contributed by atoms with E-state index in [1.165, 1.54) is 6.92 Å². The van der Waals surface area contributed by atoms with Gasteiger partial charge in [0.05, 0.1) is 5.56 Å². The van der Waals surface area contributed by atoms with Gasteiger partial charge in [0.15, 0.2) is 0 Å². The molecular formula is C18H16O4. The van der Waals surface area contributed by atoms with Crippen molar-refractivity contribution in [2.45, 2.75) is 25.9 Å². The van der Waals surface area contributed by atoms with Crippen LogP contribution >= 0.6 is 0 Å². The summed E-state index contributed by atoms with van der Waals surface area (Å²) < 4.78 is 10.7. The van der Waals surface area contributed by atoms with Crippen molar-refractivity contribution in [3.8, 4) is 5.75 Å². The predicted octanol–water partition coefficient (Wildman–Crippen LogP) is 3.46. The fourth-order valence-electron chi connectivity index (χ4n) is 2.68. The summed E-state index contributed by atoms with van der Waals surface area (Å²) in [6.45, 7) is 1.37. The molecule has 0 bridgehead atoms. The van der Waals surface area contributed by atoms with Gasteiger partial charge in [-0.25, -0.2) is 4.79 Å². The molecule has 4 heteroatoms. The third-order valence-electron chi connectivity index (χ3n) is 3.66. The molecule has 112 valence electrons. The highest BCUT2D eigenvalue weighted by molar-refractivity contribution is 5.89. The van der Waals surface area contributed by atoms with Crippen LogP contribution in [0.4, 0.5) is 0 Å². The monoisotopic (exact) mass is 296 g/mol. The highest BCUT2D eigenvalue weighted by Gasteiger charge is 2.26. The summed E-state index contributed by atoms with van der Waals surface area (Å²) in [7, 11) is 0. The van der Waals surface area contributed by atoms with Crippen molar-refractivity contribution in [2.24, 2.45) is 0 Å². The minimum absolute atomic E-state index is 0.242. The number of esters is 2. The first-order valence-corrected chi connectivity index (χ1v) is 7.21. The molecule has 0 amide bonds. The zero-order chi connectivity index (χ0) is 15.5. The van der Waals surface area contributed by atoms with Crippen LogP contribution in [0.5, 0.6) is 5.75 Å². The third-order valence-corrected chi connectivity index (χ3v) is 3.66. The Hall–Kier alpha value is -2.62. The van der Waals surface area contributed by atoms with Gasteiger partial charge in [0.2, 0.25) is 0 Å². The van der Waals surface area contributed by atoms with Gasteiger partial charge in [-0.05, 0) is 48.2 Å². The Morgan fingerprint density at radius 1 is 1.09 bits per heavy atom. The normalized spacial score (nSPS) is 16.0. The van der Waals surface area contributed by atoms with Gasteiger partial charge in [0.1, 0.15) is 11.9 Å². The van der Waals surface area contributed by atoms with E-state index in [0.717, 1.165) is 24.0 Å². The van der Waals surface area contributed by atoms with Gasteiger partial charge < -0.3 is 9.47 Å². The summed E-state index contributed by atoms with van der Waals surface area (Å²) in [6, 6.07) is 14.4. The molecule has 0 saturated heterocycles. The van der Waals surface area contributed by atoms with Crippen LogP contribution in [0, 0.1) is 0 Å². The smallest absolute Gasteiger partial charge is 0.338 e. The lowest BCUT2D eigenvalue weighted by molar-refractivity contribution is -0.131. The van der Waals surface area contributed by atoms with E-state index in [9.17, 15) is 9.59 Å². The van der Waals surface area contributed by atoms with E-state index >= 15 is 0 Å². The Balaban J connectivity index is 1.74. The van der Waals surface area contributed by atoms with Gasteiger partial charge in [-0.2, -0.15) is 0 Å². The molecule has 4 nitrogen and oxygen atoms in total. The number of rotatable bonds is 3. The average molecular weight is 296 g/mol. The predicted molar refractivity (Wildman–Crippen MR) is 80.7 cm³/mol. The van der Waals surface area contributed by atoms with Crippen LogP contribution in [0.2, 0.25) is 0 Å². The second-order valence-corrected chi connectivity index (χ2v) is 5.25. The van der Waals surface area contributed by atoms with Gasteiger partial charge in [0, 0.05) is 6.92 Å². The van der Waals surface area contributed by atoms with Crippen LogP contribution in [-0.4, -0.2) is 11.9 Å². The van der Waals surface area contributed by atoms with E-state index in [4.69, 9.17) is 9.47 Å². The van der Waals surface area contributed by atoms with Gasteiger partial charge in [-0.1, -0.05) is 24.3 Å². The minimum Gasteiger partial charge on any atom is -0.454 e. The fraction of sp³-hybridized carbons (Fsp3) is 0.222. The van der Waals surface area contributed by atoms with E-state index < -0.39 is 0 Å². The van der Waals surface area contributed by atoms with Gasteiger partial charge in [-0.3, -0.25) is 4.79 Å². The van der Waals surface area contributed by atoms with Crippen molar-refractivity contribution in [2.75, 3.05) is 0 Å². The van der Waals surface area contributed by atoms with Gasteiger partial charge >= 0.3 is 11.9 Å². The quantitative estimate of drug-likeness (QED) is 0.643. The van der Waals surface area contributed by atoms with Crippen LogP contribution in [0.1, 0.15) is 40.9 Å². The Labute approximate surface area is 128 Å². The Bertz CT molecular complexity index is 706. The molecule has 0 heterocycles. The molecule has 0 saturated carbocycles. The molecule has 0 N–H and O–H groups in total. The maximum atomic E-state index is 12.1. The molecule has 0 fully saturated rings. The van der Waals surface area contributed by atoms with Crippen LogP contribution < -0.4 is 4.74 Å². The molecule has 2 aromatic carbocycles. The zero-order valence-corrected chi connectivity index (χ0v) is 12.2. The van der Waals surface area contributed by atoms with Crippen molar-refractivity contribution in [1.29, 1.82) is 0 Å². The molecule has 0 aliphatic heterocycles. The fourth-order valence-corrected chi connectivity index (χ4v) is 2.68. The summed E-state index contributed by atoms with van der Waals surface area (Å²) >= 11 is 0. The lowest BCUT2D eigenvalue weighted by atomic mass is 10.1. The van der Waals surface area contributed by atoms with Crippen molar-refractivity contribution in [1.82, 2.24) is 0 Å². The lowest BCUT2D eigenvalue weighted by Crippen LogP contribution is -2.09. The number of benzene rings is 2. The molecule has 2 aromatic rings. The lowest BCUT2D eigenvalue weighted by Gasteiger charge is -2.13. The Morgan fingerprint density at radius 3 is 2.59 bits per heavy atom. The third kappa shape index (κ3) is 3.01. The van der Waals surface area contributed by atoms with E-state index in [-0.39, 0.29) is 18.0 Å². The molecule has 0 aromatic heterocycles. The van der Waals surface area contributed by atoms with Crippen molar-refractivity contribution in [3.63, 3.8) is 0 Å². The highest BCUT2D eigenvalue weighted by Crippen LogP contribution is 2.36. The summed E-state index contributed by atoms with van der Waals surface area (Å²) in [5, 5.41) is 0. The molecule has 1 aliphatic carbocycles. The topological polar surface area (TPSA) is 52.6 Å². The van der Waals surface area contributed by atoms with Crippen LogP contribution in [0.25, 0.3) is 0 Å². The minimum atomic E-state index is -0.343. The number of fused-ring (bicyclic) bond motifs is 1. The van der Waals surface area contributed by atoms with Crippen LogP contribution in [-0.2, 0) is 16.0 Å². The van der Waals surface area contributed by atoms with Crippen molar-refractivity contribution < 1.29 is 19.1 Å². The molecule has 1 aliphatic rings. The molecule has 3 rings (SSSR count). The Kier molecular flexibility index (Phi) is 3.92. The van der Waals surface area contributed by atoms with Crippen molar-refractivity contribution in [3.05, 3.63) is 65.2 Å². The summed E-state index contributed by atoms with van der Waals surface area (Å²) in [5.41, 5.74) is 2.59. The molecular weight excluding hydrogens is 280 g/mol. The van der Waals surface area contributed by atoms with Gasteiger partial charge in [0.25, 0.3) is 0 Å². The van der Waals surface area contributed by atoms with E-state index in [1.807, 2.05) is 30.3 Å². The number of ether oxygens (including phenoxy) is 2. The molecule has 0 spiro atoms. The molecule has 1 unspecified atom stereocenters. The largest absolute Gasteiger partial charge is 0.454 e. The summed E-state index contributed by atoms with van der Waals surface area (Å²) in [5.74, 6) is -0.131. The number of hydrogen-bond donors (Lipinski definition) is 0. The number of carbonyl (C=O) groups is 2. The SMILES string of the molecule is CC(=O)Oc1ccc2c(c1)CCC2OC(=O)c1ccccc1. The standard InChI is InChI=1S/C18H16O4/c1-12(19)21-15-8-9-16-14(11-15)7-10-17(16)22-18(20)13-5-3-2-4-6-13/h2-6,8-9,11,17H,7,10H2,1H3. The van der Waals surface area contributed by atoms with E-state index in [1.54, 1.807) is 18.2 Å². The number of carbonyl (C=O) groups excluding carboxylic acids is 2. The molecule has 22 heavy (non-hydrogen) atoms. The van der Waals surface area contributed by atoms with Crippen molar-refractivity contribution >= 4 is 11.9 Å². The number of hydrogen-bond acceptors (Lipinski definition) is 4. The zero-order valence-electron chi connectivity index (χ0n) is 12.2. The van der Waals surface area contributed by atoms with E-state index in [2.05, 4.69) is 0 Å². The first kappa shape index (κ1) is 14.3. The Morgan fingerprint density at radius 2 is 1.86 bits per heavy atom. The first-order valence-electron chi connectivity index (χ1n) is 7.21. The molecule has 0 radical (unpaired) electrons. The second kappa shape index (κ2) is 6.02. The van der Waals surface area contributed by atoms with Crippen LogP contribution in [0.3, 0.4) is 0 Å². The van der Waals surface area contributed by atoms with Gasteiger partial charge in [-0.15, -0.1) is 0 Å². The number of aryl methyl sites for hydroxylation is 1. The molecule has 1 atom stereocenters. The maximum Gasteiger partial charge on any atom is 0.338 e.